The Morgan fingerprint density at radius 2 is 2.12 bits per heavy atom. The Balaban J connectivity index is 1.90. The van der Waals surface area contributed by atoms with E-state index in [9.17, 15) is 5.11 Å². The Hall–Kier alpha value is -1.48. The van der Waals surface area contributed by atoms with Crippen LogP contribution in [-0.4, -0.2) is 12.2 Å². The van der Waals surface area contributed by atoms with Gasteiger partial charge in [-0.3, -0.25) is 0 Å². The molecule has 0 saturated heterocycles. The van der Waals surface area contributed by atoms with Crippen molar-refractivity contribution in [2.75, 3.05) is 7.11 Å². The van der Waals surface area contributed by atoms with Gasteiger partial charge in [-0.15, -0.1) is 11.3 Å². The van der Waals surface area contributed by atoms with Crippen LogP contribution in [0, 0.1) is 0 Å². The summed E-state index contributed by atoms with van der Waals surface area (Å²) in [5.41, 5.74) is 0.988. The minimum Gasteiger partial charge on any atom is -0.508 e. The number of phenolic OH excluding ortho intramolecular Hbond substituents is 1. The minimum absolute atomic E-state index is 0.329. The number of aryl methyl sites for hydroxylation is 2. The molecule has 0 radical (unpaired) electrons. The number of ether oxygens (including phenoxy) is 1. The number of hydrogen-bond acceptors (Lipinski definition) is 3. The summed E-state index contributed by atoms with van der Waals surface area (Å²) in [7, 11) is 1.60. The lowest BCUT2D eigenvalue weighted by Crippen LogP contribution is -1.90. The number of rotatable bonds is 5. The standard InChI is InChI=1S/C14H16O2S/c1-16-12-8-7-11(14(15)10-12)4-2-5-13-6-3-9-17-13/h3,6-10,15H,2,4-5H2,1H3. The normalized spacial score (nSPS) is 10.4. The van der Waals surface area contributed by atoms with Gasteiger partial charge in [0.1, 0.15) is 11.5 Å². The third-order valence-electron chi connectivity index (χ3n) is 2.74. The van der Waals surface area contributed by atoms with Crippen LogP contribution >= 0.6 is 11.3 Å². The molecule has 0 aliphatic rings. The zero-order chi connectivity index (χ0) is 12.1. The van der Waals surface area contributed by atoms with Crippen LogP contribution in [-0.2, 0) is 12.8 Å². The van der Waals surface area contributed by atoms with Crippen molar-refractivity contribution in [3.05, 3.63) is 46.2 Å². The zero-order valence-corrected chi connectivity index (χ0v) is 10.7. The van der Waals surface area contributed by atoms with E-state index in [-0.39, 0.29) is 0 Å². The number of aromatic hydroxyl groups is 1. The molecule has 1 heterocycles. The molecule has 90 valence electrons. The van der Waals surface area contributed by atoms with Crippen molar-refractivity contribution in [3.63, 3.8) is 0 Å². The van der Waals surface area contributed by atoms with Crippen molar-refractivity contribution in [2.24, 2.45) is 0 Å². The Bertz CT molecular complexity index is 463. The Kier molecular flexibility index (Phi) is 4.04. The SMILES string of the molecule is COc1ccc(CCCc2cccs2)c(O)c1. The van der Waals surface area contributed by atoms with Crippen molar-refractivity contribution < 1.29 is 9.84 Å². The minimum atomic E-state index is 0.329. The average Bonchev–Trinajstić information content (AvgIpc) is 2.84. The molecule has 0 unspecified atom stereocenters. The van der Waals surface area contributed by atoms with Gasteiger partial charge >= 0.3 is 0 Å². The molecule has 2 aromatic rings. The number of thiophene rings is 1. The number of phenols is 1. The highest BCUT2D eigenvalue weighted by Crippen LogP contribution is 2.25. The van der Waals surface area contributed by atoms with Crippen LogP contribution in [0.2, 0.25) is 0 Å². The molecule has 1 N–H and O–H groups in total. The van der Waals surface area contributed by atoms with Crippen LogP contribution in [0.25, 0.3) is 0 Å². The summed E-state index contributed by atoms with van der Waals surface area (Å²) in [6.45, 7) is 0. The largest absolute Gasteiger partial charge is 0.508 e. The van der Waals surface area contributed by atoms with Gasteiger partial charge in [-0.2, -0.15) is 0 Å². The molecule has 0 atom stereocenters. The van der Waals surface area contributed by atoms with Crippen molar-refractivity contribution in [3.8, 4) is 11.5 Å². The van der Waals surface area contributed by atoms with Crippen LogP contribution in [0.5, 0.6) is 11.5 Å². The maximum absolute atomic E-state index is 9.80. The molecule has 0 bridgehead atoms. The molecular formula is C14H16O2S. The molecule has 1 aromatic carbocycles. The summed E-state index contributed by atoms with van der Waals surface area (Å²) in [6.07, 6.45) is 3.03. The zero-order valence-electron chi connectivity index (χ0n) is 9.85. The van der Waals surface area contributed by atoms with Gasteiger partial charge in [0, 0.05) is 10.9 Å². The van der Waals surface area contributed by atoms with E-state index >= 15 is 0 Å². The van der Waals surface area contributed by atoms with Crippen molar-refractivity contribution >= 4 is 11.3 Å². The van der Waals surface area contributed by atoms with Crippen molar-refractivity contribution in [2.45, 2.75) is 19.3 Å². The molecule has 1 aromatic heterocycles. The molecule has 0 spiro atoms. The highest BCUT2D eigenvalue weighted by molar-refractivity contribution is 7.09. The predicted octanol–water partition coefficient (Wildman–Crippen LogP) is 3.64. The fraction of sp³-hybridized carbons (Fsp3) is 0.286. The van der Waals surface area contributed by atoms with E-state index in [0.717, 1.165) is 24.8 Å². The van der Waals surface area contributed by atoms with E-state index in [1.165, 1.54) is 4.88 Å². The lowest BCUT2D eigenvalue weighted by molar-refractivity contribution is 0.406. The monoisotopic (exact) mass is 248 g/mol. The maximum atomic E-state index is 9.80. The van der Waals surface area contributed by atoms with Gasteiger partial charge in [-0.25, -0.2) is 0 Å². The average molecular weight is 248 g/mol. The van der Waals surface area contributed by atoms with E-state index in [1.54, 1.807) is 24.5 Å². The highest BCUT2D eigenvalue weighted by Gasteiger charge is 2.03. The first-order valence-corrected chi connectivity index (χ1v) is 6.56. The molecule has 0 saturated carbocycles. The third-order valence-corrected chi connectivity index (χ3v) is 3.68. The molecular weight excluding hydrogens is 232 g/mol. The van der Waals surface area contributed by atoms with E-state index in [0.29, 0.717) is 11.5 Å². The second-order valence-corrected chi connectivity index (χ2v) is 4.96. The van der Waals surface area contributed by atoms with Crippen LogP contribution in [0.15, 0.2) is 35.7 Å². The smallest absolute Gasteiger partial charge is 0.122 e. The van der Waals surface area contributed by atoms with Crippen LogP contribution in [0.3, 0.4) is 0 Å². The Labute approximate surface area is 105 Å². The second kappa shape index (κ2) is 5.73. The molecule has 17 heavy (non-hydrogen) atoms. The van der Waals surface area contributed by atoms with Gasteiger partial charge in [-0.1, -0.05) is 12.1 Å². The quantitative estimate of drug-likeness (QED) is 0.875. The predicted molar refractivity (Wildman–Crippen MR) is 71.0 cm³/mol. The third kappa shape index (κ3) is 3.24. The number of methoxy groups -OCH3 is 1. The first kappa shape index (κ1) is 12.0. The number of hydrogen-bond donors (Lipinski definition) is 1. The summed E-state index contributed by atoms with van der Waals surface area (Å²) < 4.78 is 5.06. The second-order valence-electron chi connectivity index (χ2n) is 3.93. The summed E-state index contributed by atoms with van der Waals surface area (Å²) in [5, 5.41) is 11.9. The molecule has 0 fully saturated rings. The highest BCUT2D eigenvalue weighted by atomic mass is 32.1. The van der Waals surface area contributed by atoms with E-state index in [2.05, 4.69) is 17.5 Å². The number of benzene rings is 1. The van der Waals surface area contributed by atoms with Gasteiger partial charge in [0.15, 0.2) is 0 Å². The summed E-state index contributed by atoms with van der Waals surface area (Å²) >= 11 is 1.79. The van der Waals surface area contributed by atoms with E-state index in [4.69, 9.17) is 4.74 Å². The van der Waals surface area contributed by atoms with Gasteiger partial charge in [0.25, 0.3) is 0 Å². The van der Waals surface area contributed by atoms with Crippen molar-refractivity contribution in [1.82, 2.24) is 0 Å². The summed E-state index contributed by atoms with van der Waals surface area (Å²) in [4.78, 5) is 1.40. The topological polar surface area (TPSA) is 29.5 Å². The Morgan fingerprint density at radius 1 is 1.24 bits per heavy atom. The van der Waals surface area contributed by atoms with Crippen LogP contribution < -0.4 is 4.74 Å². The van der Waals surface area contributed by atoms with Crippen LogP contribution in [0.1, 0.15) is 16.9 Å². The summed E-state index contributed by atoms with van der Waals surface area (Å²) in [6, 6.07) is 9.71. The lowest BCUT2D eigenvalue weighted by Gasteiger charge is -2.06. The first-order chi connectivity index (χ1) is 8.29. The van der Waals surface area contributed by atoms with Gasteiger partial charge < -0.3 is 9.84 Å². The van der Waals surface area contributed by atoms with Gasteiger partial charge in [-0.05, 0) is 42.3 Å². The molecule has 2 rings (SSSR count). The lowest BCUT2D eigenvalue weighted by atomic mass is 10.1. The summed E-state index contributed by atoms with van der Waals surface area (Å²) in [5.74, 6) is 1.03. The van der Waals surface area contributed by atoms with Gasteiger partial charge in [0.2, 0.25) is 0 Å². The Morgan fingerprint density at radius 3 is 2.76 bits per heavy atom. The van der Waals surface area contributed by atoms with Gasteiger partial charge in [0.05, 0.1) is 7.11 Å². The van der Waals surface area contributed by atoms with Crippen molar-refractivity contribution in [1.29, 1.82) is 0 Å². The van der Waals surface area contributed by atoms with E-state index in [1.807, 2.05) is 12.1 Å². The molecule has 0 aliphatic heterocycles. The van der Waals surface area contributed by atoms with Crippen LogP contribution in [0.4, 0.5) is 0 Å². The molecule has 0 aliphatic carbocycles. The molecule has 2 nitrogen and oxygen atoms in total. The van der Waals surface area contributed by atoms with E-state index < -0.39 is 0 Å². The first-order valence-electron chi connectivity index (χ1n) is 5.68. The fourth-order valence-corrected chi connectivity index (χ4v) is 2.54. The molecule has 0 amide bonds. The fourth-order valence-electron chi connectivity index (χ4n) is 1.79. The maximum Gasteiger partial charge on any atom is 0.122 e. The molecule has 3 heteroatoms.